The number of hydrogen-bond donors (Lipinski definition) is 0. The summed E-state index contributed by atoms with van der Waals surface area (Å²) >= 11 is 0. The van der Waals surface area contributed by atoms with Crippen molar-refractivity contribution in [1.29, 1.82) is 0 Å². The SMILES string of the molecule is CCCCCCCC/C=C\COCc1cccc(CCC(=O)OC(C)(C)C)c1. The molecule has 0 heterocycles. The van der Waals surface area contributed by atoms with Crippen LogP contribution in [0.3, 0.4) is 0 Å². The van der Waals surface area contributed by atoms with Crippen LogP contribution in [-0.4, -0.2) is 18.2 Å². The molecule has 0 fully saturated rings. The van der Waals surface area contributed by atoms with Gasteiger partial charge in [0.2, 0.25) is 0 Å². The van der Waals surface area contributed by atoms with Crippen molar-refractivity contribution in [3.8, 4) is 0 Å². The highest BCUT2D eigenvalue weighted by Crippen LogP contribution is 2.13. The number of benzene rings is 1. The molecular formula is C25H40O3. The van der Waals surface area contributed by atoms with Gasteiger partial charge in [0.05, 0.1) is 13.2 Å². The maximum Gasteiger partial charge on any atom is 0.306 e. The lowest BCUT2D eigenvalue weighted by Crippen LogP contribution is -2.24. The molecule has 0 saturated heterocycles. The van der Waals surface area contributed by atoms with Crippen LogP contribution in [0.25, 0.3) is 0 Å². The molecule has 28 heavy (non-hydrogen) atoms. The van der Waals surface area contributed by atoms with Crippen LogP contribution in [0, 0.1) is 0 Å². The van der Waals surface area contributed by atoms with E-state index in [0.717, 1.165) is 17.5 Å². The lowest BCUT2D eigenvalue weighted by molar-refractivity contribution is -0.154. The first-order valence-electron chi connectivity index (χ1n) is 10.9. The second-order valence-corrected chi connectivity index (χ2v) is 8.45. The predicted molar refractivity (Wildman–Crippen MR) is 117 cm³/mol. The third-order valence-electron chi connectivity index (χ3n) is 4.40. The maximum atomic E-state index is 11.8. The molecule has 0 aliphatic carbocycles. The fourth-order valence-corrected chi connectivity index (χ4v) is 2.99. The summed E-state index contributed by atoms with van der Waals surface area (Å²) in [6, 6.07) is 8.26. The Labute approximate surface area is 172 Å². The topological polar surface area (TPSA) is 35.5 Å². The molecule has 0 unspecified atom stereocenters. The minimum absolute atomic E-state index is 0.148. The number of hydrogen-bond acceptors (Lipinski definition) is 3. The van der Waals surface area contributed by atoms with Gasteiger partial charge in [0, 0.05) is 6.42 Å². The normalized spacial score (nSPS) is 11.9. The summed E-state index contributed by atoms with van der Waals surface area (Å²) in [5.41, 5.74) is 1.87. The molecular weight excluding hydrogens is 348 g/mol. The zero-order valence-corrected chi connectivity index (χ0v) is 18.5. The minimum Gasteiger partial charge on any atom is -0.460 e. The number of carbonyl (C=O) groups excluding carboxylic acids is 1. The Morgan fingerprint density at radius 2 is 1.71 bits per heavy atom. The van der Waals surface area contributed by atoms with Crippen molar-refractivity contribution in [2.24, 2.45) is 0 Å². The van der Waals surface area contributed by atoms with E-state index in [1.54, 1.807) is 0 Å². The van der Waals surface area contributed by atoms with Gasteiger partial charge >= 0.3 is 5.97 Å². The molecule has 1 aromatic carbocycles. The Morgan fingerprint density at radius 1 is 1.00 bits per heavy atom. The van der Waals surface area contributed by atoms with Gasteiger partial charge in [-0.3, -0.25) is 4.79 Å². The minimum atomic E-state index is -0.421. The van der Waals surface area contributed by atoms with Crippen LogP contribution in [0.15, 0.2) is 36.4 Å². The summed E-state index contributed by atoms with van der Waals surface area (Å²) in [4.78, 5) is 11.8. The first-order chi connectivity index (χ1) is 13.4. The van der Waals surface area contributed by atoms with E-state index in [4.69, 9.17) is 9.47 Å². The molecule has 3 nitrogen and oxygen atoms in total. The Morgan fingerprint density at radius 3 is 2.46 bits per heavy atom. The van der Waals surface area contributed by atoms with Crippen molar-refractivity contribution in [3.05, 3.63) is 47.5 Å². The van der Waals surface area contributed by atoms with Crippen LogP contribution in [0.1, 0.15) is 90.2 Å². The fraction of sp³-hybridized carbons (Fsp3) is 0.640. The summed E-state index contributed by atoms with van der Waals surface area (Å²) < 4.78 is 11.1. The summed E-state index contributed by atoms with van der Waals surface area (Å²) in [7, 11) is 0. The van der Waals surface area contributed by atoms with Gasteiger partial charge in [0.15, 0.2) is 0 Å². The van der Waals surface area contributed by atoms with Crippen LogP contribution in [-0.2, 0) is 27.3 Å². The molecule has 0 aliphatic rings. The van der Waals surface area contributed by atoms with Crippen molar-refractivity contribution in [1.82, 2.24) is 0 Å². The van der Waals surface area contributed by atoms with E-state index in [-0.39, 0.29) is 5.97 Å². The molecule has 0 bridgehead atoms. The lowest BCUT2D eigenvalue weighted by Gasteiger charge is -2.19. The average molecular weight is 389 g/mol. The van der Waals surface area contributed by atoms with Crippen molar-refractivity contribution in [2.45, 2.75) is 97.7 Å². The van der Waals surface area contributed by atoms with E-state index in [1.165, 1.54) is 38.5 Å². The van der Waals surface area contributed by atoms with Gasteiger partial charge in [-0.25, -0.2) is 0 Å². The van der Waals surface area contributed by atoms with Crippen LogP contribution in [0.2, 0.25) is 0 Å². The van der Waals surface area contributed by atoms with Crippen molar-refractivity contribution < 1.29 is 14.3 Å². The third kappa shape index (κ3) is 13.5. The van der Waals surface area contributed by atoms with Crippen molar-refractivity contribution >= 4 is 5.97 Å². The number of rotatable bonds is 14. The molecule has 3 heteroatoms. The molecule has 0 spiro atoms. The van der Waals surface area contributed by atoms with Gasteiger partial charge in [-0.2, -0.15) is 0 Å². The van der Waals surface area contributed by atoms with Gasteiger partial charge < -0.3 is 9.47 Å². The number of allylic oxidation sites excluding steroid dienone is 1. The molecule has 0 radical (unpaired) electrons. The summed E-state index contributed by atoms with van der Waals surface area (Å²) in [5, 5.41) is 0. The Bertz CT molecular complexity index is 569. The second-order valence-electron chi connectivity index (χ2n) is 8.45. The van der Waals surface area contributed by atoms with E-state index in [1.807, 2.05) is 32.9 Å². The molecule has 0 N–H and O–H groups in total. The largest absolute Gasteiger partial charge is 0.460 e. The van der Waals surface area contributed by atoms with Crippen LogP contribution in [0.4, 0.5) is 0 Å². The van der Waals surface area contributed by atoms with E-state index >= 15 is 0 Å². The maximum absolute atomic E-state index is 11.8. The molecule has 0 saturated carbocycles. The number of carbonyl (C=O) groups is 1. The molecule has 0 aromatic heterocycles. The fourth-order valence-electron chi connectivity index (χ4n) is 2.99. The average Bonchev–Trinajstić information content (AvgIpc) is 2.63. The molecule has 1 aromatic rings. The standard InChI is InChI=1S/C25H40O3/c1-5-6-7-8-9-10-11-12-13-19-27-21-23-16-14-15-22(20-23)17-18-24(26)28-25(2,3)4/h12-16,20H,5-11,17-19,21H2,1-4H3/b13-12-. The highest BCUT2D eigenvalue weighted by Gasteiger charge is 2.15. The summed E-state index contributed by atoms with van der Waals surface area (Å²) in [6.45, 7) is 9.18. The highest BCUT2D eigenvalue weighted by molar-refractivity contribution is 5.70. The van der Waals surface area contributed by atoms with Crippen LogP contribution in [0.5, 0.6) is 0 Å². The molecule has 1 rings (SSSR count). The Hall–Kier alpha value is -1.61. The Kier molecular flexibility index (Phi) is 12.6. The van der Waals surface area contributed by atoms with Crippen LogP contribution < -0.4 is 0 Å². The van der Waals surface area contributed by atoms with Gasteiger partial charge in [-0.1, -0.05) is 75.4 Å². The summed E-state index contributed by atoms with van der Waals surface area (Å²) in [5.74, 6) is -0.148. The van der Waals surface area contributed by atoms with Crippen molar-refractivity contribution in [2.75, 3.05) is 6.61 Å². The summed E-state index contributed by atoms with van der Waals surface area (Å²) in [6.07, 6.45) is 14.6. The van der Waals surface area contributed by atoms with Gasteiger partial charge in [0.25, 0.3) is 0 Å². The van der Waals surface area contributed by atoms with E-state index in [0.29, 0.717) is 26.1 Å². The third-order valence-corrected chi connectivity index (χ3v) is 4.40. The van der Waals surface area contributed by atoms with Gasteiger partial charge in [-0.15, -0.1) is 0 Å². The zero-order valence-electron chi connectivity index (χ0n) is 18.5. The molecule has 158 valence electrons. The second kappa shape index (κ2) is 14.4. The number of aryl methyl sites for hydroxylation is 1. The molecule has 0 atom stereocenters. The van der Waals surface area contributed by atoms with Gasteiger partial charge in [0.1, 0.15) is 5.60 Å². The van der Waals surface area contributed by atoms with Crippen molar-refractivity contribution in [3.63, 3.8) is 0 Å². The predicted octanol–water partition coefficient (Wildman–Crippen LogP) is 6.78. The first-order valence-corrected chi connectivity index (χ1v) is 10.9. The van der Waals surface area contributed by atoms with E-state index in [2.05, 4.69) is 31.2 Å². The number of unbranched alkanes of at least 4 members (excludes halogenated alkanes) is 6. The molecule has 0 aliphatic heterocycles. The zero-order chi connectivity index (χ0) is 20.7. The smallest absolute Gasteiger partial charge is 0.306 e. The Balaban J connectivity index is 2.18. The number of esters is 1. The first kappa shape index (κ1) is 24.4. The van der Waals surface area contributed by atoms with Gasteiger partial charge in [-0.05, 0) is 51.2 Å². The van der Waals surface area contributed by atoms with Crippen LogP contribution >= 0.6 is 0 Å². The quantitative estimate of drug-likeness (QED) is 0.200. The monoisotopic (exact) mass is 388 g/mol. The number of ether oxygens (including phenoxy) is 2. The van der Waals surface area contributed by atoms with E-state index < -0.39 is 5.60 Å². The highest BCUT2D eigenvalue weighted by atomic mass is 16.6. The van der Waals surface area contributed by atoms with E-state index in [9.17, 15) is 4.79 Å². The molecule has 0 amide bonds. The lowest BCUT2D eigenvalue weighted by atomic mass is 10.1.